The van der Waals surface area contributed by atoms with Crippen LogP contribution in [-0.4, -0.2) is 48.4 Å². The minimum Gasteiger partial charge on any atom is -0.464 e. The summed E-state index contributed by atoms with van der Waals surface area (Å²) in [5.41, 5.74) is 4.19. The van der Waals surface area contributed by atoms with Gasteiger partial charge in [-0.1, -0.05) is 24.3 Å². The zero-order valence-electron chi connectivity index (χ0n) is 19.3. The molecule has 0 saturated carbocycles. The summed E-state index contributed by atoms with van der Waals surface area (Å²) in [5, 5.41) is 7.68. The number of sulfonamides is 1. The first-order valence-corrected chi connectivity index (χ1v) is 12.6. The van der Waals surface area contributed by atoms with Crippen LogP contribution < -0.4 is 5.32 Å². The van der Waals surface area contributed by atoms with Crippen molar-refractivity contribution in [2.45, 2.75) is 30.2 Å². The summed E-state index contributed by atoms with van der Waals surface area (Å²) >= 11 is 0. The summed E-state index contributed by atoms with van der Waals surface area (Å²) in [6, 6.07) is 12.5. The van der Waals surface area contributed by atoms with Crippen LogP contribution in [0.5, 0.6) is 0 Å². The van der Waals surface area contributed by atoms with E-state index < -0.39 is 15.9 Å². The van der Waals surface area contributed by atoms with Gasteiger partial charge in [-0.3, -0.25) is 19.6 Å². The second-order valence-corrected chi connectivity index (χ2v) is 10.9. The van der Waals surface area contributed by atoms with Crippen molar-refractivity contribution in [3.05, 3.63) is 72.2 Å². The van der Waals surface area contributed by atoms with E-state index in [0.717, 1.165) is 27.6 Å². The monoisotopic (exact) mass is 492 g/mol. The Hall–Kier alpha value is -3.76. The molecule has 3 heterocycles. The van der Waals surface area contributed by atoms with Gasteiger partial charge in [-0.05, 0) is 35.7 Å². The molecule has 1 aliphatic rings. The van der Waals surface area contributed by atoms with Gasteiger partial charge in [0, 0.05) is 43.2 Å². The maximum absolute atomic E-state index is 12.3. The van der Waals surface area contributed by atoms with E-state index in [1.54, 1.807) is 41.4 Å². The van der Waals surface area contributed by atoms with Crippen molar-refractivity contribution in [1.82, 2.24) is 19.4 Å². The van der Waals surface area contributed by atoms with Gasteiger partial charge in [0.25, 0.3) is 0 Å². The van der Waals surface area contributed by atoms with Crippen molar-refractivity contribution in [3.8, 4) is 11.1 Å². The highest BCUT2D eigenvalue weighted by Gasteiger charge is 2.30. The van der Waals surface area contributed by atoms with Gasteiger partial charge in [0.2, 0.25) is 21.8 Å². The molecule has 1 saturated heterocycles. The first-order valence-electron chi connectivity index (χ1n) is 11.1. The van der Waals surface area contributed by atoms with Crippen LogP contribution in [0.15, 0.2) is 70.4 Å². The highest BCUT2D eigenvalue weighted by atomic mass is 32.2. The molecule has 10 heteroatoms. The summed E-state index contributed by atoms with van der Waals surface area (Å²) < 4.78 is 33.2. The van der Waals surface area contributed by atoms with Gasteiger partial charge >= 0.3 is 0 Å². The average molecular weight is 493 g/mol. The van der Waals surface area contributed by atoms with E-state index >= 15 is 0 Å². The van der Waals surface area contributed by atoms with Crippen LogP contribution >= 0.6 is 0 Å². The normalized spacial score (nSPS) is 16.7. The number of amides is 2. The maximum atomic E-state index is 12.3. The van der Waals surface area contributed by atoms with Crippen molar-refractivity contribution in [3.63, 3.8) is 0 Å². The molecular weight excluding hydrogens is 468 g/mol. The number of hydrogen-bond donors (Lipinski definition) is 1. The molecule has 0 radical (unpaired) electrons. The Kier molecular flexibility index (Phi) is 5.78. The fourth-order valence-corrected chi connectivity index (χ4v) is 5.15. The average Bonchev–Trinajstić information content (AvgIpc) is 3.46. The van der Waals surface area contributed by atoms with E-state index in [1.165, 1.54) is 18.4 Å². The van der Waals surface area contributed by atoms with Gasteiger partial charge < -0.3 is 4.42 Å². The number of fused-ring (bicyclic) bond motifs is 1. The molecule has 2 aromatic carbocycles. The van der Waals surface area contributed by atoms with Gasteiger partial charge in [0.05, 0.1) is 29.8 Å². The third-order valence-corrected chi connectivity index (χ3v) is 8.06. The summed E-state index contributed by atoms with van der Waals surface area (Å²) in [6.45, 7) is 0.491. The molecule has 2 aromatic heterocycles. The molecule has 1 unspecified atom stereocenters. The summed E-state index contributed by atoms with van der Waals surface area (Å²) in [6.07, 6.45) is 6.05. The van der Waals surface area contributed by atoms with Crippen LogP contribution in [0.25, 0.3) is 22.1 Å². The van der Waals surface area contributed by atoms with Crippen LogP contribution in [0.4, 0.5) is 0 Å². The molecule has 0 bridgehead atoms. The molecule has 0 aliphatic carbocycles. The quantitative estimate of drug-likeness (QED) is 0.414. The Balaban J connectivity index is 1.34. The predicted molar refractivity (Wildman–Crippen MR) is 129 cm³/mol. The van der Waals surface area contributed by atoms with E-state index in [2.05, 4.69) is 10.4 Å². The largest absolute Gasteiger partial charge is 0.464 e. The Morgan fingerprint density at radius 3 is 2.60 bits per heavy atom. The molecule has 1 fully saturated rings. The lowest BCUT2D eigenvalue weighted by molar-refractivity contribution is -0.134. The molecule has 1 aliphatic heterocycles. The summed E-state index contributed by atoms with van der Waals surface area (Å²) in [4.78, 5) is 24.0. The third-order valence-electron chi connectivity index (χ3n) is 6.23. The van der Waals surface area contributed by atoms with Gasteiger partial charge in [0.1, 0.15) is 5.58 Å². The number of aromatic nitrogens is 2. The van der Waals surface area contributed by atoms with Crippen molar-refractivity contribution in [2.24, 2.45) is 0 Å². The Morgan fingerprint density at radius 1 is 1.11 bits per heavy atom. The van der Waals surface area contributed by atoms with E-state index in [1.807, 2.05) is 24.4 Å². The molecular formula is C25H24N4O5S. The van der Waals surface area contributed by atoms with Crippen LogP contribution in [0, 0.1) is 0 Å². The number of piperidine rings is 1. The molecule has 5 rings (SSSR count). The first kappa shape index (κ1) is 23.0. The number of furan rings is 1. The van der Waals surface area contributed by atoms with Crippen LogP contribution in [0.2, 0.25) is 0 Å². The second-order valence-electron chi connectivity index (χ2n) is 8.76. The second kappa shape index (κ2) is 8.79. The van der Waals surface area contributed by atoms with E-state index in [9.17, 15) is 18.0 Å². The van der Waals surface area contributed by atoms with Gasteiger partial charge in [0.15, 0.2) is 0 Å². The number of benzene rings is 2. The molecule has 1 atom stereocenters. The summed E-state index contributed by atoms with van der Waals surface area (Å²) in [5.74, 6) is -0.934. The van der Waals surface area contributed by atoms with Gasteiger partial charge in [-0.2, -0.15) is 5.10 Å². The number of carbonyl (C=O) groups excluding carboxylic acids is 2. The molecule has 0 spiro atoms. The molecule has 1 N–H and O–H groups in total. The zero-order valence-corrected chi connectivity index (χ0v) is 20.1. The van der Waals surface area contributed by atoms with E-state index in [4.69, 9.17) is 4.42 Å². The van der Waals surface area contributed by atoms with E-state index in [0.29, 0.717) is 25.0 Å². The minimum absolute atomic E-state index is 0.243. The van der Waals surface area contributed by atoms with E-state index in [-0.39, 0.29) is 16.7 Å². The molecule has 4 aromatic rings. The number of rotatable bonds is 6. The fraction of sp³-hybridized carbons (Fsp3) is 0.240. The van der Waals surface area contributed by atoms with Crippen LogP contribution in [0.3, 0.4) is 0 Å². The topological polar surface area (TPSA) is 115 Å². The zero-order chi connectivity index (χ0) is 24.7. The third kappa shape index (κ3) is 4.38. The Morgan fingerprint density at radius 2 is 1.89 bits per heavy atom. The highest BCUT2D eigenvalue weighted by Crippen LogP contribution is 2.34. The van der Waals surface area contributed by atoms with Crippen LogP contribution in [-0.2, 0) is 26.2 Å². The number of imide groups is 1. The molecule has 2 amide bonds. The Bertz CT molecular complexity index is 1530. The molecule has 35 heavy (non-hydrogen) atoms. The number of hydrogen-bond acceptors (Lipinski definition) is 6. The van der Waals surface area contributed by atoms with Crippen molar-refractivity contribution >= 4 is 32.8 Å². The van der Waals surface area contributed by atoms with Gasteiger partial charge in [-0.15, -0.1) is 0 Å². The molecule has 180 valence electrons. The predicted octanol–water partition coefficient (Wildman–Crippen LogP) is 3.12. The Labute approximate surface area is 202 Å². The van der Waals surface area contributed by atoms with Crippen molar-refractivity contribution < 1.29 is 22.4 Å². The first-order chi connectivity index (χ1) is 16.7. The SMILES string of the molecule is CN(C)S(=O)(=O)c1ccc(Cn2cc(-c3ccc4c(C5CCC(=O)NC5=O)coc4c3)cn2)cc1. The maximum Gasteiger partial charge on any atom is 0.242 e. The highest BCUT2D eigenvalue weighted by molar-refractivity contribution is 7.89. The molecule has 9 nitrogen and oxygen atoms in total. The van der Waals surface area contributed by atoms with Crippen molar-refractivity contribution in [2.75, 3.05) is 14.1 Å². The number of carbonyl (C=O) groups is 2. The summed E-state index contributed by atoms with van der Waals surface area (Å²) in [7, 11) is -0.454. The lowest BCUT2D eigenvalue weighted by Gasteiger charge is -2.19. The lowest BCUT2D eigenvalue weighted by atomic mass is 9.90. The van der Waals surface area contributed by atoms with Gasteiger partial charge in [-0.25, -0.2) is 12.7 Å². The smallest absolute Gasteiger partial charge is 0.242 e. The fourth-order valence-electron chi connectivity index (χ4n) is 4.25. The minimum atomic E-state index is -3.46. The standard InChI is InChI=1S/C25H24N4O5S/c1-28(2)35(32,33)19-6-3-16(4-7-19)13-29-14-18(12-26-29)17-5-8-20-22(15-34-23(20)11-17)21-9-10-24(30)27-25(21)31/h3-8,11-12,14-15,21H,9-10,13H2,1-2H3,(H,27,30,31). The van der Waals surface area contributed by atoms with Crippen molar-refractivity contribution in [1.29, 1.82) is 0 Å². The number of nitrogens with zero attached hydrogens (tertiary/aromatic N) is 3. The number of nitrogens with one attached hydrogen (secondary N) is 1. The lowest BCUT2D eigenvalue weighted by Crippen LogP contribution is -2.39. The van der Waals surface area contributed by atoms with Crippen LogP contribution in [0.1, 0.15) is 29.9 Å².